The minimum atomic E-state index is -3.51. The molecule has 0 spiro atoms. The van der Waals surface area contributed by atoms with Gasteiger partial charge in [-0.3, -0.25) is 4.79 Å². The second-order valence-electron chi connectivity index (χ2n) is 7.33. The smallest absolute Gasteiger partial charge is 0.243 e. The number of carbonyl (C=O) groups excluding carboxylic acids is 1. The fourth-order valence-corrected chi connectivity index (χ4v) is 5.69. The lowest BCUT2D eigenvalue weighted by Crippen LogP contribution is -2.39. The molecular weight excluding hydrogens is 336 g/mol. The van der Waals surface area contributed by atoms with Crippen molar-refractivity contribution in [2.24, 2.45) is 5.92 Å². The van der Waals surface area contributed by atoms with Gasteiger partial charge in [-0.05, 0) is 50.3 Å². The molecule has 1 saturated carbocycles. The van der Waals surface area contributed by atoms with Crippen LogP contribution in [-0.2, 0) is 14.8 Å². The Morgan fingerprint density at radius 2 is 1.72 bits per heavy atom. The van der Waals surface area contributed by atoms with Crippen LogP contribution in [0.1, 0.15) is 43.2 Å². The number of aryl methyl sites for hydroxylation is 2. The average molecular weight is 365 g/mol. The first-order valence-electron chi connectivity index (χ1n) is 9.26. The minimum absolute atomic E-state index is 0.155. The van der Waals surface area contributed by atoms with Crippen LogP contribution >= 0.6 is 0 Å². The normalized spacial score (nSPS) is 20.6. The van der Waals surface area contributed by atoms with Crippen molar-refractivity contribution < 1.29 is 13.2 Å². The summed E-state index contributed by atoms with van der Waals surface area (Å²) in [5, 5.41) is 0. The first kappa shape index (κ1) is 18.4. The molecule has 0 aromatic heterocycles. The molecule has 1 heterocycles. The highest BCUT2D eigenvalue weighted by molar-refractivity contribution is 7.89. The molecule has 0 atom stereocenters. The van der Waals surface area contributed by atoms with Gasteiger partial charge in [0.2, 0.25) is 15.9 Å². The van der Waals surface area contributed by atoms with E-state index in [9.17, 15) is 13.2 Å². The molecule has 1 aromatic rings. The van der Waals surface area contributed by atoms with E-state index in [1.807, 2.05) is 30.9 Å². The summed E-state index contributed by atoms with van der Waals surface area (Å²) in [6.07, 6.45) is 4.94. The first-order chi connectivity index (χ1) is 11.9. The van der Waals surface area contributed by atoms with E-state index in [1.165, 1.54) is 0 Å². The molecule has 1 amide bonds. The number of hydrogen-bond acceptors (Lipinski definition) is 3. The Hall–Kier alpha value is -1.40. The molecule has 2 aliphatic rings. The lowest BCUT2D eigenvalue weighted by molar-refractivity contribution is -0.135. The third-order valence-electron chi connectivity index (χ3n) is 5.43. The third-order valence-corrected chi connectivity index (χ3v) is 7.47. The van der Waals surface area contributed by atoms with Crippen LogP contribution in [0, 0.1) is 19.8 Å². The second kappa shape index (κ2) is 7.46. The van der Waals surface area contributed by atoms with Gasteiger partial charge in [-0.25, -0.2) is 8.42 Å². The van der Waals surface area contributed by atoms with Crippen LogP contribution in [0.4, 0.5) is 0 Å². The fourth-order valence-electron chi connectivity index (χ4n) is 3.91. The zero-order chi connectivity index (χ0) is 18.0. The van der Waals surface area contributed by atoms with Gasteiger partial charge in [0.15, 0.2) is 0 Å². The number of rotatable bonds is 3. The van der Waals surface area contributed by atoms with Gasteiger partial charge in [0.25, 0.3) is 0 Å². The molecule has 0 unspecified atom stereocenters. The van der Waals surface area contributed by atoms with Gasteiger partial charge in [-0.15, -0.1) is 0 Å². The number of sulfonamides is 1. The third kappa shape index (κ3) is 3.90. The van der Waals surface area contributed by atoms with E-state index in [2.05, 4.69) is 0 Å². The van der Waals surface area contributed by atoms with Crippen LogP contribution < -0.4 is 0 Å². The predicted octanol–water partition coefficient (Wildman–Crippen LogP) is 2.72. The lowest BCUT2D eigenvalue weighted by atomic mass is 10.1. The van der Waals surface area contributed by atoms with Crippen LogP contribution in [0.3, 0.4) is 0 Å². The number of hydrogen-bond donors (Lipinski definition) is 0. The molecule has 5 nitrogen and oxygen atoms in total. The Bertz CT molecular complexity index is 739. The number of nitrogens with zero attached hydrogens (tertiary/aromatic N) is 2. The van der Waals surface area contributed by atoms with Crippen LogP contribution in [0.5, 0.6) is 0 Å². The summed E-state index contributed by atoms with van der Waals surface area (Å²) in [5.74, 6) is 0.380. The molecule has 0 radical (unpaired) electrons. The van der Waals surface area contributed by atoms with Crippen molar-refractivity contribution in [3.05, 3.63) is 29.3 Å². The molecule has 1 aromatic carbocycles. The molecule has 2 fully saturated rings. The lowest BCUT2D eigenvalue weighted by Gasteiger charge is -2.24. The van der Waals surface area contributed by atoms with Crippen LogP contribution in [0.15, 0.2) is 23.1 Å². The quantitative estimate of drug-likeness (QED) is 0.829. The van der Waals surface area contributed by atoms with Crippen molar-refractivity contribution in [3.63, 3.8) is 0 Å². The van der Waals surface area contributed by atoms with Gasteiger partial charge < -0.3 is 4.90 Å². The molecule has 25 heavy (non-hydrogen) atoms. The minimum Gasteiger partial charge on any atom is -0.341 e. The van der Waals surface area contributed by atoms with Gasteiger partial charge in [0, 0.05) is 32.1 Å². The van der Waals surface area contributed by atoms with Gasteiger partial charge in [-0.1, -0.05) is 25.0 Å². The maximum Gasteiger partial charge on any atom is 0.243 e. The molecule has 0 N–H and O–H groups in total. The zero-order valence-corrected chi connectivity index (χ0v) is 16.0. The number of benzene rings is 1. The molecule has 3 rings (SSSR count). The summed E-state index contributed by atoms with van der Waals surface area (Å²) in [6, 6.07) is 5.53. The zero-order valence-electron chi connectivity index (χ0n) is 15.2. The summed E-state index contributed by atoms with van der Waals surface area (Å²) in [4.78, 5) is 14.9. The highest BCUT2D eigenvalue weighted by Gasteiger charge is 2.32. The maximum absolute atomic E-state index is 13.1. The van der Waals surface area contributed by atoms with Gasteiger partial charge in [0.1, 0.15) is 0 Å². The Morgan fingerprint density at radius 3 is 2.44 bits per heavy atom. The Kier molecular flexibility index (Phi) is 5.49. The van der Waals surface area contributed by atoms with Gasteiger partial charge in [0.05, 0.1) is 4.90 Å². The summed E-state index contributed by atoms with van der Waals surface area (Å²) >= 11 is 0. The molecular formula is C19H28N2O3S. The van der Waals surface area contributed by atoms with E-state index >= 15 is 0 Å². The Labute approximate surface area is 151 Å². The molecule has 1 aliphatic heterocycles. The standard InChI is InChI=1S/C19H28N2O3S/c1-15-8-9-16(2)18(14-15)25(23,24)21-11-5-10-20(12-13-21)19(22)17-6-3-4-7-17/h8-9,14,17H,3-7,10-13H2,1-2H3. The van der Waals surface area contributed by atoms with Crippen molar-refractivity contribution in [1.82, 2.24) is 9.21 Å². The predicted molar refractivity (Wildman–Crippen MR) is 97.8 cm³/mol. The molecule has 0 bridgehead atoms. The molecule has 1 saturated heterocycles. The van der Waals surface area contributed by atoms with Crippen LogP contribution in [0.2, 0.25) is 0 Å². The molecule has 1 aliphatic carbocycles. The summed E-state index contributed by atoms with van der Waals surface area (Å²) < 4.78 is 27.7. The number of amides is 1. The van der Waals surface area contributed by atoms with E-state index in [-0.39, 0.29) is 11.8 Å². The summed E-state index contributed by atoms with van der Waals surface area (Å²) in [7, 11) is -3.51. The van der Waals surface area contributed by atoms with Crippen molar-refractivity contribution in [3.8, 4) is 0 Å². The second-order valence-corrected chi connectivity index (χ2v) is 9.24. The van der Waals surface area contributed by atoms with E-state index in [1.54, 1.807) is 10.4 Å². The molecule has 138 valence electrons. The van der Waals surface area contributed by atoms with Crippen molar-refractivity contribution >= 4 is 15.9 Å². The largest absolute Gasteiger partial charge is 0.341 e. The van der Waals surface area contributed by atoms with Crippen molar-refractivity contribution in [1.29, 1.82) is 0 Å². The number of carbonyl (C=O) groups is 1. The van der Waals surface area contributed by atoms with E-state index in [0.29, 0.717) is 37.5 Å². The first-order valence-corrected chi connectivity index (χ1v) is 10.7. The van der Waals surface area contributed by atoms with E-state index in [0.717, 1.165) is 36.8 Å². The topological polar surface area (TPSA) is 57.7 Å². The highest BCUT2D eigenvalue weighted by atomic mass is 32.2. The Morgan fingerprint density at radius 1 is 1.00 bits per heavy atom. The SMILES string of the molecule is Cc1ccc(C)c(S(=O)(=O)N2CCCN(C(=O)C3CCCC3)CC2)c1. The van der Waals surface area contributed by atoms with Crippen LogP contribution in [0.25, 0.3) is 0 Å². The molecule has 6 heteroatoms. The highest BCUT2D eigenvalue weighted by Crippen LogP contribution is 2.28. The van der Waals surface area contributed by atoms with Crippen molar-refractivity contribution in [2.75, 3.05) is 26.2 Å². The van der Waals surface area contributed by atoms with E-state index in [4.69, 9.17) is 0 Å². The van der Waals surface area contributed by atoms with Crippen LogP contribution in [-0.4, -0.2) is 49.7 Å². The van der Waals surface area contributed by atoms with Gasteiger partial charge >= 0.3 is 0 Å². The maximum atomic E-state index is 13.1. The monoisotopic (exact) mass is 364 g/mol. The average Bonchev–Trinajstić information content (AvgIpc) is 3.00. The van der Waals surface area contributed by atoms with Gasteiger partial charge in [-0.2, -0.15) is 4.31 Å². The summed E-state index contributed by atoms with van der Waals surface area (Å²) in [5.41, 5.74) is 1.71. The Balaban J connectivity index is 1.73. The van der Waals surface area contributed by atoms with E-state index < -0.39 is 10.0 Å². The summed E-state index contributed by atoms with van der Waals surface area (Å²) in [6.45, 7) is 5.76. The van der Waals surface area contributed by atoms with Crippen molar-refractivity contribution in [2.45, 2.75) is 50.8 Å². The fraction of sp³-hybridized carbons (Fsp3) is 0.632.